The summed E-state index contributed by atoms with van der Waals surface area (Å²) in [6.45, 7) is 2.55. The van der Waals surface area contributed by atoms with E-state index in [-0.39, 0.29) is 17.0 Å². The lowest BCUT2D eigenvalue weighted by Crippen LogP contribution is -2.44. The van der Waals surface area contributed by atoms with Gasteiger partial charge >= 0.3 is 13.6 Å². The van der Waals surface area contributed by atoms with Gasteiger partial charge in [-0.05, 0) is 56.3 Å². The molecular formula is C30H37N2O9PS. The molecule has 1 aliphatic heterocycles. The predicted octanol–water partition coefficient (Wildman–Crippen LogP) is 4.87. The van der Waals surface area contributed by atoms with Crippen LogP contribution in [0.2, 0.25) is 0 Å². The Morgan fingerprint density at radius 1 is 1.19 bits per heavy atom. The van der Waals surface area contributed by atoms with Gasteiger partial charge in [0.25, 0.3) is 5.56 Å². The van der Waals surface area contributed by atoms with Crippen molar-refractivity contribution >= 4 is 36.6 Å². The summed E-state index contributed by atoms with van der Waals surface area (Å²) in [5.74, 6) is -0.982. The molecule has 2 heterocycles. The van der Waals surface area contributed by atoms with E-state index in [4.69, 9.17) is 30.7 Å². The summed E-state index contributed by atoms with van der Waals surface area (Å²) in [7, 11) is -4.09. The van der Waals surface area contributed by atoms with Crippen LogP contribution in [-0.2, 0) is 23.4 Å². The van der Waals surface area contributed by atoms with Gasteiger partial charge in [0.05, 0.1) is 18.7 Å². The van der Waals surface area contributed by atoms with E-state index in [1.165, 1.54) is 23.8 Å². The number of carbonyl (C=O) groups is 1. The summed E-state index contributed by atoms with van der Waals surface area (Å²) in [6.07, 6.45) is 1.81. The smallest absolute Gasteiger partial charge is 0.380 e. The molecule has 3 N–H and O–H groups in total. The van der Waals surface area contributed by atoms with Crippen molar-refractivity contribution in [1.82, 2.24) is 9.55 Å². The van der Waals surface area contributed by atoms with Gasteiger partial charge in [-0.25, -0.2) is 4.57 Å². The van der Waals surface area contributed by atoms with E-state index < -0.39 is 55.7 Å². The van der Waals surface area contributed by atoms with Crippen molar-refractivity contribution in [3.8, 4) is 5.75 Å². The quantitative estimate of drug-likeness (QED) is 0.161. The highest BCUT2D eigenvalue weighted by atomic mass is 32.1. The normalized spacial score (nSPS) is 26.6. The first-order valence-electron chi connectivity index (χ1n) is 14.5. The average Bonchev–Trinajstić information content (AvgIpc) is 3.20. The Morgan fingerprint density at radius 3 is 2.65 bits per heavy atom. The number of aliphatic hydroxyl groups excluding tert-OH is 1. The average molecular weight is 633 g/mol. The van der Waals surface area contributed by atoms with Crippen LogP contribution in [0.1, 0.15) is 52.2 Å². The molecule has 0 radical (unpaired) electrons. The zero-order chi connectivity index (χ0) is 30.8. The highest BCUT2D eigenvalue weighted by molar-refractivity contribution is 7.71. The number of hydrogen-bond donors (Lipinski definition) is 3. The highest BCUT2D eigenvalue weighted by Crippen LogP contribution is 2.52. The first-order valence-corrected chi connectivity index (χ1v) is 16.6. The zero-order valence-electron chi connectivity index (χ0n) is 24.1. The van der Waals surface area contributed by atoms with Gasteiger partial charge in [0.15, 0.2) is 11.0 Å². The maximum absolute atomic E-state index is 14.4. The van der Waals surface area contributed by atoms with Crippen LogP contribution >= 0.6 is 19.8 Å². The molecule has 1 saturated heterocycles. The number of nitrogens with one attached hydrogen (secondary N) is 1. The molecule has 0 spiro atoms. The van der Waals surface area contributed by atoms with Gasteiger partial charge in [-0.15, -0.1) is 0 Å². The molecule has 11 nitrogen and oxygen atoms in total. The molecular weight excluding hydrogens is 595 g/mol. The first kappa shape index (κ1) is 31.6. The number of ether oxygens (including phenoxy) is 2. The molecule has 2 aromatic carbocycles. The van der Waals surface area contributed by atoms with Crippen LogP contribution in [0.15, 0.2) is 59.5 Å². The van der Waals surface area contributed by atoms with Crippen LogP contribution < -0.4 is 10.1 Å². The Kier molecular flexibility index (Phi) is 9.55. The number of carbonyl (C=O) groups excluding carboxylic acids is 1. The topological polar surface area (TPSA) is 149 Å². The fourth-order valence-corrected chi connectivity index (χ4v) is 7.73. The molecule has 6 atom stereocenters. The summed E-state index contributed by atoms with van der Waals surface area (Å²) < 4.78 is 39.3. The molecule has 0 bridgehead atoms. The van der Waals surface area contributed by atoms with E-state index in [0.29, 0.717) is 11.1 Å². The fraction of sp³-hybridized carbons (Fsp3) is 0.500. The van der Waals surface area contributed by atoms with Crippen LogP contribution in [0.25, 0.3) is 10.8 Å². The van der Waals surface area contributed by atoms with Gasteiger partial charge in [0.2, 0.25) is 0 Å². The number of nitrogens with zero attached hydrogens (tertiary/aromatic N) is 1. The van der Waals surface area contributed by atoms with Crippen molar-refractivity contribution in [2.24, 2.45) is 5.92 Å². The number of esters is 1. The van der Waals surface area contributed by atoms with Gasteiger partial charge in [0, 0.05) is 17.6 Å². The first-order chi connectivity index (χ1) is 20.5. The van der Waals surface area contributed by atoms with E-state index in [9.17, 15) is 24.4 Å². The van der Waals surface area contributed by atoms with Crippen molar-refractivity contribution in [1.29, 1.82) is 0 Å². The summed E-state index contributed by atoms with van der Waals surface area (Å²) in [5.41, 5.74) is -2.27. The molecule has 1 saturated carbocycles. The summed E-state index contributed by atoms with van der Waals surface area (Å²) >= 11 is 5.22. The fourth-order valence-electron chi connectivity index (χ4n) is 5.59. The Labute approximate surface area is 254 Å². The number of fused-ring (bicyclic) bond motifs is 1. The molecule has 0 amide bonds. The molecule has 1 aromatic heterocycles. The number of aromatic amines is 1. The van der Waals surface area contributed by atoms with E-state index in [2.05, 4.69) is 4.98 Å². The molecule has 5 rings (SSSR count). The standard InChI is InChI=1S/C30H37N2O9PS/c1-19(27(35)39-21-11-4-3-5-12-21)18-42(37,41-23-14-8-10-20-9-6-7-13-22(20)23)38-17-24-26(34)30(2,36)28(40-24)32-16-15-25(33)31-29(32)43/h6-10,13-16,19,21,24,26,28,34,36H,3-5,11-12,17-18H2,1-2H3,(H,31,33,43)/t19-,24-,26+,28-,30?,42-/m1/s1. The Bertz CT molecular complexity index is 1610. The van der Waals surface area contributed by atoms with Gasteiger partial charge in [-0.2, -0.15) is 0 Å². The van der Waals surface area contributed by atoms with Gasteiger partial charge < -0.3 is 24.2 Å². The number of hydrogen-bond acceptors (Lipinski definition) is 10. The Morgan fingerprint density at radius 2 is 1.91 bits per heavy atom. The second-order valence-corrected chi connectivity index (χ2v) is 13.9. The molecule has 13 heteroatoms. The van der Waals surface area contributed by atoms with Crippen LogP contribution in [0.4, 0.5) is 0 Å². The van der Waals surface area contributed by atoms with E-state index in [0.717, 1.165) is 37.5 Å². The lowest BCUT2D eigenvalue weighted by Gasteiger charge is -2.28. The minimum absolute atomic E-state index is 0.0122. The van der Waals surface area contributed by atoms with Crippen molar-refractivity contribution < 1.29 is 38.1 Å². The Balaban J connectivity index is 1.37. The highest BCUT2D eigenvalue weighted by Gasteiger charge is 2.54. The minimum atomic E-state index is -4.09. The predicted molar refractivity (Wildman–Crippen MR) is 162 cm³/mol. The number of benzene rings is 2. The summed E-state index contributed by atoms with van der Waals surface area (Å²) in [4.78, 5) is 27.1. The van der Waals surface area contributed by atoms with Gasteiger partial charge in [-0.1, -0.05) is 49.7 Å². The van der Waals surface area contributed by atoms with Crippen LogP contribution in [0.5, 0.6) is 5.75 Å². The lowest BCUT2D eigenvalue weighted by molar-refractivity contribution is -0.154. The lowest BCUT2D eigenvalue weighted by atomic mass is 9.96. The van der Waals surface area contributed by atoms with E-state index in [1.54, 1.807) is 19.1 Å². The summed E-state index contributed by atoms with van der Waals surface area (Å²) in [6, 6.07) is 14.0. The second-order valence-electron chi connectivity index (χ2n) is 11.5. The molecule has 3 aromatic rings. The third-order valence-corrected chi connectivity index (χ3v) is 10.3. The zero-order valence-corrected chi connectivity index (χ0v) is 25.8. The number of aliphatic hydroxyl groups is 2. The minimum Gasteiger partial charge on any atom is -0.462 e. The number of rotatable bonds is 10. The second kappa shape index (κ2) is 13.0. The van der Waals surface area contributed by atoms with Gasteiger partial charge in [0.1, 0.15) is 29.7 Å². The van der Waals surface area contributed by atoms with Crippen molar-refractivity contribution in [3.05, 3.63) is 69.9 Å². The number of H-pyrrole nitrogens is 1. The largest absolute Gasteiger partial charge is 0.462 e. The molecule has 232 valence electrons. The Hall–Kier alpha value is -2.86. The molecule has 2 aliphatic rings. The molecule has 1 unspecified atom stereocenters. The van der Waals surface area contributed by atoms with E-state index >= 15 is 0 Å². The molecule has 1 aliphatic carbocycles. The third-order valence-electron chi connectivity index (χ3n) is 8.02. The third kappa shape index (κ3) is 7.11. The van der Waals surface area contributed by atoms with Crippen molar-refractivity contribution in [3.63, 3.8) is 0 Å². The maximum Gasteiger partial charge on any atom is 0.380 e. The van der Waals surface area contributed by atoms with Crippen LogP contribution in [-0.4, -0.2) is 62.4 Å². The van der Waals surface area contributed by atoms with Gasteiger partial charge in [-0.3, -0.25) is 23.7 Å². The maximum atomic E-state index is 14.4. The SMILES string of the molecule is C[C@H](C[P@@](=O)(OC[C@H]1O[C@@H](n2ccc(=O)[nH]c2=S)C(C)(O)[C@H]1O)Oc1cccc2ccccc12)C(=O)OC1CCCCC1. The van der Waals surface area contributed by atoms with Crippen molar-refractivity contribution in [2.75, 3.05) is 12.8 Å². The van der Waals surface area contributed by atoms with Crippen LogP contribution in [0.3, 0.4) is 0 Å². The van der Waals surface area contributed by atoms with Crippen LogP contribution in [0, 0.1) is 10.7 Å². The van der Waals surface area contributed by atoms with E-state index in [1.807, 2.05) is 30.3 Å². The molecule has 2 fully saturated rings. The number of aromatic nitrogens is 2. The van der Waals surface area contributed by atoms with Crippen molar-refractivity contribution in [2.45, 2.75) is 76.1 Å². The summed E-state index contributed by atoms with van der Waals surface area (Å²) in [5, 5.41) is 23.7. The monoisotopic (exact) mass is 632 g/mol. The molecule has 43 heavy (non-hydrogen) atoms.